The topological polar surface area (TPSA) is 69.6 Å². The van der Waals surface area contributed by atoms with Crippen LogP contribution in [0, 0.1) is 0 Å². The molecule has 0 aliphatic carbocycles. The van der Waals surface area contributed by atoms with E-state index < -0.39 is 23.6 Å². The second kappa shape index (κ2) is 6.26. The van der Waals surface area contributed by atoms with Crippen LogP contribution >= 0.6 is 11.6 Å². The van der Waals surface area contributed by atoms with Crippen LogP contribution in [0.1, 0.15) is 24.2 Å². The fourth-order valence-corrected chi connectivity index (χ4v) is 3.11. The summed E-state index contributed by atoms with van der Waals surface area (Å²) in [5.74, 6) is -0.398. The van der Waals surface area contributed by atoms with E-state index in [1.165, 1.54) is 0 Å². The van der Waals surface area contributed by atoms with Gasteiger partial charge in [0.1, 0.15) is 5.54 Å². The van der Waals surface area contributed by atoms with Gasteiger partial charge < -0.3 is 10.4 Å². The molecular formula is C18H17ClN2O3. The molecule has 124 valence electrons. The molecule has 1 heterocycles. The highest BCUT2D eigenvalue weighted by atomic mass is 35.5. The van der Waals surface area contributed by atoms with Crippen molar-refractivity contribution >= 4 is 23.5 Å². The molecule has 1 aliphatic rings. The monoisotopic (exact) mass is 344 g/mol. The number of hydrogen-bond acceptors (Lipinski definition) is 3. The molecule has 1 aliphatic heterocycles. The zero-order valence-corrected chi connectivity index (χ0v) is 13.8. The van der Waals surface area contributed by atoms with Crippen LogP contribution in [-0.2, 0) is 10.3 Å². The fourth-order valence-electron chi connectivity index (χ4n) is 2.85. The van der Waals surface area contributed by atoms with Crippen LogP contribution in [0.2, 0.25) is 5.02 Å². The lowest BCUT2D eigenvalue weighted by Crippen LogP contribution is -2.41. The largest absolute Gasteiger partial charge is 0.386 e. The number of halogens is 1. The van der Waals surface area contributed by atoms with Crippen LogP contribution in [-0.4, -0.2) is 28.5 Å². The van der Waals surface area contributed by atoms with Gasteiger partial charge in [0.2, 0.25) is 0 Å². The van der Waals surface area contributed by atoms with Gasteiger partial charge in [-0.05, 0) is 18.6 Å². The van der Waals surface area contributed by atoms with Gasteiger partial charge in [-0.3, -0.25) is 9.69 Å². The second-order valence-corrected chi connectivity index (χ2v) is 6.28. The van der Waals surface area contributed by atoms with Crippen molar-refractivity contribution in [3.8, 4) is 0 Å². The molecule has 5 nitrogen and oxygen atoms in total. The summed E-state index contributed by atoms with van der Waals surface area (Å²) in [4.78, 5) is 26.1. The van der Waals surface area contributed by atoms with E-state index in [0.717, 1.165) is 4.90 Å². The number of nitrogens with zero attached hydrogens (tertiary/aromatic N) is 1. The van der Waals surface area contributed by atoms with Crippen molar-refractivity contribution in [3.05, 3.63) is 70.7 Å². The summed E-state index contributed by atoms with van der Waals surface area (Å²) in [5, 5.41) is 13.5. The van der Waals surface area contributed by atoms with Crippen molar-refractivity contribution in [1.29, 1.82) is 0 Å². The van der Waals surface area contributed by atoms with Gasteiger partial charge in [0.25, 0.3) is 5.91 Å². The smallest absolute Gasteiger partial charge is 0.325 e. The summed E-state index contributed by atoms with van der Waals surface area (Å²) in [6.45, 7) is 1.50. The highest BCUT2D eigenvalue weighted by Crippen LogP contribution is 2.31. The van der Waals surface area contributed by atoms with Crippen molar-refractivity contribution in [2.75, 3.05) is 6.54 Å². The first-order valence-electron chi connectivity index (χ1n) is 7.55. The van der Waals surface area contributed by atoms with Crippen LogP contribution in [0.25, 0.3) is 0 Å². The first-order valence-corrected chi connectivity index (χ1v) is 7.93. The molecule has 1 fully saturated rings. The quantitative estimate of drug-likeness (QED) is 0.838. The number of carbonyl (C=O) groups is 2. The number of β-amino-alcohol motifs (C(OH)–C–C–N with tert-alkyl or cyclic N) is 1. The summed E-state index contributed by atoms with van der Waals surface area (Å²) in [7, 11) is 0. The van der Waals surface area contributed by atoms with Crippen molar-refractivity contribution < 1.29 is 14.7 Å². The van der Waals surface area contributed by atoms with Crippen molar-refractivity contribution in [1.82, 2.24) is 10.2 Å². The highest BCUT2D eigenvalue weighted by Gasteiger charge is 2.49. The Labute approximate surface area is 144 Å². The van der Waals surface area contributed by atoms with Crippen LogP contribution in [0.5, 0.6) is 0 Å². The molecule has 2 aromatic carbocycles. The summed E-state index contributed by atoms with van der Waals surface area (Å²) >= 11 is 6.07. The van der Waals surface area contributed by atoms with Gasteiger partial charge in [-0.2, -0.15) is 0 Å². The van der Waals surface area contributed by atoms with Crippen molar-refractivity contribution in [2.45, 2.75) is 18.6 Å². The Bertz CT molecular complexity index is 781. The molecule has 0 radical (unpaired) electrons. The maximum atomic E-state index is 12.8. The predicted octanol–water partition coefficient (Wildman–Crippen LogP) is 2.84. The Morgan fingerprint density at radius 2 is 1.75 bits per heavy atom. The SMILES string of the molecule is CC1(c2ccccc2)NC(=O)N(CC(O)c2ccccc2Cl)C1=O. The Hall–Kier alpha value is -2.37. The fraction of sp³-hybridized carbons (Fsp3) is 0.222. The van der Waals surface area contributed by atoms with E-state index >= 15 is 0 Å². The third-order valence-electron chi connectivity index (χ3n) is 4.25. The molecule has 6 heteroatoms. The molecule has 0 spiro atoms. The van der Waals surface area contributed by atoms with E-state index in [1.54, 1.807) is 55.5 Å². The Balaban J connectivity index is 1.84. The van der Waals surface area contributed by atoms with E-state index in [4.69, 9.17) is 11.6 Å². The number of aliphatic hydroxyl groups is 1. The maximum absolute atomic E-state index is 12.8. The molecule has 0 saturated carbocycles. The summed E-state index contributed by atoms with van der Waals surface area (Å²) in [6.07, 6.45) is -1.05. The lowest BCUT2D eigenvalue weighted by atomic mass is 9.92. The molecule has 2 unspecified atom stereocenters. The summed E-state index contributed by atoms with van der Waals surface area (Å²) in [6, 6.07) is 15.3. The van der Waals surface area contributed by atoms with Crippen molar-refractivity contribution in [2.24, 2.45) is 0 Å². The first-order chi connectivity index (χ1) is 11.4. The molecule has 0 bridgehead atoms. The first kappa shape index (κ1) is 16.5. The number of imide groups is 1. The predicted molar refractivity (Wildman–Crippen MR) is 90.5 cm³/mol. The minimum absolute atomic E-state index is 0.156. The number of aliphatic hydroxyl groups excluding tert-OH is 1. The minimum atomic E-state index is -1.14. The van der Waals surface area contributed by atoms with Crippen molar-refractivity contribution in [3.63, 3.8) is 0 Å². The normalized spacial score (nSPS) is 21.7. The van der Waals surface area contributed by atoms with Gasteiger partial charge >= 0.3 is 6.03 Å². The molecule has 0 aromatic heterocycles. The van der Waals surface area contributed by atoms with Gasteiger partial charge in [-0.1, -0.05) is 60.1 Å². The van der Waals surface area contributed by atoms with E-state index in [9.17, 15) is 14.7 Å². The number of hydrogen-bond donors (Lipinski definition) is 2. The Kier molecular flexibility index (Phi) is 4.30. The Morgan fingerprint density at radius 3 is 2.42 bits per heavy atom. The van der Waals surface area contributed by atoms with Crippen LogP contribution in [0.15, 0.2) is 54.6 Å². The second-order valence-electron chi connectivity index (χ2n) is 5.87. The van der Waals surface area contributed by atoms with Gasteiger partial charge in [0.15, 0.2) is 0 Å². The lowest BCUT2D eigenvalue weighted by molar-refractivity contribution is -0.132. The average Bonchev–Trinajstić information content (AvgIpc) is 2.80. The minimum Gasteiger partial charge on any atom is -0.386 e. The van der Waals surface area contributed by atoms with Gasteiger partial charge in [-0.15, -0.1) is 0 Å². The third kappa shape index (κ3) is 2.77. The summed E-state index contributed by atoms with van der Waals surface area (Å²) in [5.41, 5.74) is 0.0320. The number of benzene rings is 2. The van der Waals surface area contributed by atoms with E-state index in [2.05, 4.69) is 5.32 Å². The average molecular weight is 345 g/mol. The van der Waals surface area contributed by atoms with E-state index in [-0.39, 0.29) is 6.54 Å². The number of amides is 3. The molecule has 2 N–H and O–H groups in total. The molecule has 3 rings (SSSR count). The van der Waals surface area contributed by atoms with Crippen LogP contribution in [0.4, 0.5) is 4.79 Å². The molecular weight excluding hydrogens is 328 g/mol. The lowest BCUT2D eigenvalue weighted by Gasteiger charge is -2.23. The van der Waals surface area contributed by atoms with Crippen LogP contribution < -0.4 is 5.32 Å². The molecule has 2 aromatic rings. The Morgan fingerprint density at radius 1 is 1.12 bits per heavy atom. The zero-order valence-electron chi connectivity index (χ0n) is 13.1. The maximum Gasteiger partial charge on any atom is 0.325 e. The molecule has 24 heavy (non-hydrogen) atoms. The molecule has 1 saturated heterocycles. The number of nitrogens with one attached hydrogen (secondary N) is 1. The number of urea groups is 1. The third-order valence-corrected chi connectivity index (χ3v) is 4.59. The highest BCUT2D eigenvalue weighted by molar-refractivity contribution is 6.31. The number of rotatable bonds is 4. The van der Waals surface area contributed by atoms with Gasteiger partial charge in [-0.25, -0.2) is 4.79 Å². The number of carbonyl (C=O) groups excluding carboxylic acids is 2. The van der Waals surface area contributed by atoms with Gasteiger partial charge in [0.05, 0.1) is 12.6 Å². The van der Waals surface area contributed by atoms with Gasteiger partial charge in [0, 0.05) is 10.6 Å². The summed E-state index contributed by atoms with van der Waals surface area (Å²) < 4.78 is 0. The van der Waals surface area contributed by atoms with Crippen LogP contribution in [0.3, 0.4) is 0 Å². The zero-order chi connectivity index (χ0) is 17.3. The van der Waals surface area contributed by atoms with E-state index in [0.29, 0.717) is 16.1 Å². The standard InChI is InChI=1S/C18H17ClN2O3/c1-18(12-7-3-2-4-8-12)16(23)21(17(24)20-18)11-15(22)13-9-5-6-10-14(13)19/h2-10,15,22H,11H2,1H3,(H,20,24). The van der Waals surface area contributed by atoms with E-state index in [1.807, 2.05) is 6.07 Å². The molecule has 3 amide bonds. The molecule has 2 atom stereocenters.